The number of hydrogen-bond donors (Lipinski definition) is 1. The molecule has 2 rings (SSSR count). The Kier molecular flexibility index (Phi) is 4.35. The zero-order chi connectivity index (χ0) is 13.2. The number of nitrogens with two attached hydrogens (primary N) is 1. The Morgan fingerprint density at radius 3 is 1.78 bits per heavy atom. The molecule has 0 heterocycles. The van der Waals surface area contributed by atoms with E-state index in [9.17, 15) is 0 Å². The largest absolute Gasteiger partial charge is 0.329 e. The molecular weight excluding hydrogens is 222 g/mol. The van der Waals surface area contributed by atoms with Gasteiger partial charge >= 0.3 is 0 Å². The van der Waals surface area contributed by atoms with Gasteiger partial charge in [0.25, 0.3) is 0 Å². The molecule has 2 N–H and O–H groups in total. The van der Waals surface area contributed by atoms with Crippen molar-refractivity contribution in [3.05, 3.63) is 0 Å². The first kappa shape index (κ1) is 14.3. The Bertz CT molecular complexity index is 265. The second-order valence-electron chi connectivity index (χ2n) is 6.82. The van der Waals surface area contributed by atoms with E-state index in [1.807, 2.05) is 0 Å². The molecule has 0 aromatic rings. The average molecular weight is 253 g/mol. The van der Waals surface area contributed by atoms with Crippen LogP contribution in [0.3, 0.4) is 0 Å². The van der Waals surface area contributed by atoms with Crippen LogP contribution in [0.5, 0.6) is 0 Å². The molecule has 0 aromatic heterocycles. The van der Waals surface area contributed by atoms with Gasteiger partial charge in [-0.25, -0.2) is 0 Å². The van der Waals surface area contributed by atoms with Gasteiger partial charge in [-0.1, -0.05) is 19.3 Å². The van der Waals surface area contributed by atoms with Crippen LogP contribution in [-0.4, -0.2) is 55.1 Å². The molecule has 0 saturated heterocycles. The third kappa shape index (κ3) is 2.45. The standard InChI is InChI=1S/C15H31N3/c1-17(2)15(10-7-11-15)13-18(3)14(12-16)8-5-4-6-9-14/h4-13,16H2,1-3H3. The maximum absolute atomic E-state index is 6.14. The molecule has 0 aliphatic heterocycles. The van der Waals surface area contributed by atoms with Gasteiger partial charge in [-0.2, -0.15) is 0 Å². The Hall–Kier alpha value is -0.120. The summed E-state index contributed by atoms with van der Waals surface area (Å²) in [5, 5.41) is 0. The first-order valence-corrected chi connectivity index (χ1v) is 7.63. The first-order valence-electron chi connectivity index (χ1n) is 7.63. The smallest absolute Gasteiger partial charge is 0.0330 e. The Morgan fingerprint density at radius 2 is 1.39 bits per heavy atom. The van der Waals surface area contributed by atoms with Gasteiger partial charge in [0.2, 0.25) is 0 Å². The quantitative estimate of drug-likeness (QED) is 0.814. The molecule has 0 aromatic carbocycles. The van der Waals surface area contributed by atoms with Gasteiger partial charge < -0.3 is 10.6 Å². The van der Waals surface area contributed by atoms with Crippen LogP contribution in [0.25, 0.3) is 0 Å². The zero-order valence-electron chi connectivity index (χ0n) is 12.5. The third-order valence-corrected chi connectivity index (χ3v) is 5.74. The van der Waals surface area contributed by atoms with E-state index in [0.717, 1.165) is 6.54 Å². The van der Waals surface area contributed by atoms with E-state index >= 15 is 0 Å². The lowest BCUT2D eigenvalue weighted by Crippen LogP contribution is -2.63. The highest BCUT2D eigenvalue weighted by Gasteiger charge is 2.44. The van der Waals surface area contributed by atoms with Gasteiger partial charge in [-0.05, 0) is 53.2 Å². The van der Waals surface area contributed by atoms with E-state index in [1.165, 1.54) is 57.9 Å². The summed E-state index contributed by atoms with van der Waals surface area (Å²) < 4.78 is 0. The van der Waals surface area contributed by atoms with Crippen LogP contribution in [0.4, 0.5) is 0 Å². The van der Waals surface area contributed by atoms with Crippen LogP contribution in [0.15, 0.2) is 0 Å². The van der Waals surface area contributed by atoms with Gasteiger partial charge in [0.15, 0.2) is 0 Å². The van der Waals surface area contributed by atoms with Crippen LogP contribution >= 0.6 is 0 Å². The fourth-order valence-electron chi connectivity index (χ4n) is 3.89. The summed E-state index contributed by atoms with van der Waals surface area (Å²) in [6.07, 6.45) is 10.8. The monoisotopic (exact) mass is 253 g/mol. The van der Waals surface area contributed by atoms with Crippen molar-refractivity contribution in [3.8, 4) is 0 Å². The molecule has 2 saturated carbocycles. The summed E-state index contributed by atoms with van der Waals surface area (Å²) in [5.41, 5.74) is 6.85. The number of likely N-dealkylation sites (N-methyl/N-ethyl adjacent to an activating group) is 2. The molecule has 2 fully saturated rings. The van der Waals surface area contributed by atoms with Crippen molar-refractivity contribution in [1.82, 2.24) is 9.80 Å². The van der Waals surface area contributed by atoms with E-state index < -0.39 is 0 Å². The highest BCUT2D eigenvalue weighted by Crippen LogP contribution is 2.40. The minimum atomic E-state index is 0.289. The molecule has 2 aliphatic rings. The van der Waals surface area contributed by atoms with Crippen molar-refractivity contribution in [2.45, 2.75) is 62.4 Å². The van der Waals surface area contributed by atoms with Crippen LogP contribution in [-0.2, 0) is 0 Å². The third-order valence-electron chi connectivity index (χ3n) is 5.74. The van der Waals surface area contributed by atoms with E-state index in [4.69, 9.17) is 5.73 Å². The summed E-state index contributed by atoms with van der Waals surface area (Å²) in [5.74, 6) is 0. The highest BCUT2D eigenvalue weighted by molar-refractivity contribution is 5.02. The van der Waals surface area contributed by atoms with Crippen LogP contribution in [0.1, 0.15) is 51.4 Å². The van der Waals surface area contributed by atoms with Crippen molar-refractivity contribution in [2.24, 2.45) is 5.73 Å². The average Bonchev–Trinajstić information content (AvgIpc) is 2.33. The second kappa shape index (κ2) is 5.48. The SMILES string of the molecule is CN(C)C1(CN(C)C2(CN)CCCCC2)CCC1. The van der Waals surface area contributed by atoms with Crippen LogP contribution in [0, 0.1) is 0 Å². The van der Waals surface area contributed by atoms with Crippen LogP contribution in [0.2, 0.25) is 0 Å². The van der Waals surface area contributed by atoms with Gasteiger partial charge in [0.05, 0.1) is 0 Å². The second-order valence-corrected chi connectivity index (χ2v) is 6.82. The Labute approximate surface area is 113 Å². The molecule has 0 radical (unpaired) electrons. The summed E-state index contributed by atoms with van der Waals surface area (Å²) >= 11 is 0. The normalized spacial score (nSPS) is 26.3. The minimum absolute atomic E-state index is 0.289. The minimum Gasteiger partial charge on any atom is -0.329 e. The maximum atomic E-state index is 6.14. The van der Waals surface area contributed by atoms with Crippen molar-refractivity contribution in [3.63, 3.8) is 0 Å². The fourth-order valence-corrected chi connectivity index (χ4v) is 3.89. The highest BCUT2D eigenvalue weighted by atomic mass is 15.3. The lowest BCUT2D eigenvalue weighted by Gasteiger charge is -2.54. The predicted octanol–water partition coefficient (Wildman–Crippen LogP) is 2.06. The molecular formula is C15H31N3. The summed E-state index contributed by atoms with van der Waals surface area (Å²) in [6.45, 7) is 2.02. The van der Waals surface area contributed by atoms with Crippen LogP contribution < -0.4 is 5.73 Å². The maximum Gasteiger partial charge on any atom is 0.0330 e. The summed E-state index contributed by atoms with van der Waals surface area (Å²) in [7, 11) is 6.79. The zero-order valence-corrected chi connectivity index (χ0v) is 12.5. The lowest BCUT2D eigenvalue weighted by atomic mass is 9.73. The molecule has 18 heavy (non-hydrogen) atoms. The van der Waals surface area contributed by atoms with E-state index in [2.05, 4.69) is 30.9 Å². The summed E-state index contributed by atoms with van der Waals surface area (Å²) in [6, 6.07) is 0. The van der Waals surface area contributed by atoms with Gasteiger partial charge in [0.1, 0.15) is 0 Å². The topological polar surface area (TPSA) is 32.5 Å². The van der Waals surface area contributed by atoms with Gasteiger partial charge in [-0.3, -0.25) is 4.90 Å². The molecule has 0 atom stereocenters. The lowest BCUT2D eigenvalue weighted by molar-refractivity contribution is -0.0187. The fraction of sp³-hybridized carbons (Fsp3) is 1.00. The molecule has 2 aliphatic carbocycles. The number of rotatable bonds is 5. The Morgan fingerprint density at radius 1 is 0.833 bits per heavy atom. The van der Waals surface area contributed by atoms with E-state index in [0.29, 0.717) is 5.54 Å². The number of nitrogens with zero attached hydrogens (tertiary/aromatic N) is 2. The first-order chi connectivity index (χ1) is 8.55. The van der Waals surface area contributed by atoms with E-state index in [-0.39, 0.29) is 5.54 Å². The predicted molar refractivity (Wildman–Crippen MR) is 77.8 cm³/mol. The Balaban J connectivity index is 2.03. The van der Waals surface area contributed by atoms with Crippen molar-refractivity contribution < 1.29 is 0 Å². The van der Waals surface area contributed by atoms with Crippen molar-refractivity contribution >= 4 is 0 Å². The van der Waals surface area contributed by atoms with Gasteiger partial charge in [-0.15, -0.1) is 0 Å². The van der Waals surface area contributed by atoms with Crippen molar-refractivity contribution in [1.29, 1.82) is 0 Å². The molecule has 0 unspecified atom stereocenters. The summed E-state index contributed by atoms with van der Waals surface area (Å²) in [4.78, 5) is 5.05. The number of hydrogen-bond acceptors (Lipinski definition) is 3. The molecule has 0 bridgehead atoms. The molecule has 3 nitrogen and oxygen atoms in total. The molecule has 3 heteroatoms. The molecule has 106 valence electrons. The molecule has 0 amide bonds. The van der Waals surface area contributed by atoms with Gasteiger partial charge in [0, 0.05) is 24.2 Å². The molecule has 0 spiro atoms. The van der Waals surface area contributed by atoms with Crippen molar-refractivity contribution in [2.75, 3.05) is 34.2 Å². The van der Waals surface area contributed by atoms with E-state index in [1.54, 1.807) is 0 Å².